The Labute approximate surface area is 546 Å². The molecule has 5 aromatic carbocycles. The van der Waals surface area contributed by atoms with E-state index in [0.29, 0.717) is 45.8 Å². The molecule has 6 N–H and O–H groups in total. The van der Waals surface area contributed by atoms with Crippen molar-refractivity contribution in [3.8, 4) is 0 Å². The van der Waals surface area contributed by atoms with E-state index in [1.807, 2.05) is 55.0 Å². The summed E-state index contributed by atoms with van der Waals surface area (Å²) >= 11 is 11.5. The van der Waals surface area contributed by atoms with Gasteiger partial charge in [0.25, 0.3) is 0 Å². The fourth-order valence-corrected chi connectivity index (χ4v) is 15.7. The van der Waals surface area contributed by atoms with Crippen molar-refractivity contribution < 1.29 is 66.6 Å². The van der Waals surface area contributed by atoms with E-state index < -0.39 is 5.97 Å². The van der Waals surface area contributed by atoms with E-state index in [1.165, 1.54) is 42.0 Å². The molecule has 0 radical (unpaired) electrons. The minimum atomic E-state index is -0.645. The van der Waals surface area contributed by atoms with E-state index in [-0.39, 0.29) is 65.5 Å². The SMILES string of the molecule is CO.COC(=O)C1CC2(CCC(c3ccnc4ccc(F)cc34)CC2)C1.Nc1ccc(Cl)cc1.O=C(Cc1ccc(Cl)cc1)C1CC2(CCC(c3ccnc4ccc(F)cc34)CC2)C1.O=C(O)C1CC2(CCC(c3ccnc4ccc(F)cc34)CC2)C1.[Li+].[NH-]O. The van der Waals surface area contributed by atoms with Crippen molar-refractivity contribution in [1.82, 2.24) is 15.0 Å². The van der Waals surface area contributed by atoms with Gasteiger partial charge in [0.15, 0.2) is 0 Å². The van der Waals surface area contributed by atoms with Crippen LogP contribution in [0.15, 0.2) is 140 Å². The first-order valence-corrected chi connectivity index (χ1v) is 31.6. The molecule has 0 atom stereocenters. The summed E-state index contributed by atoms with van der Waals surface area (Å²) in [5.41, 5.74) is 14.3. The summed E-state index contributed by atoms with van der Waals surface area (Å²) < 4.78 is 45.9. The summed E-state index contributed by atoms with van der Waals surface area (Å²) in [4.78, 5) is 48.4. The summed E-state index contributed by atoms with van der Waals surface area (Å²) in [6.45, 7) is 0. The molecular weight excluding hydrogens is 1180 g/mol. The molecule has 0 unspecified atom stereocenters. The molecule has 6 aliphatic rings. The smallest absolute Gasteiger partial charge is 0.553 e. The van der Waals surface area contributed by atoms with Gasteiger partial charge in [-0.1, -0.05) is 35.3 Å². The molecule has 0 aliphatic heterocycles. The van der Waals surface area contributed by atoms with Gasteiger partial charge in [-0.25, -0.2) is 13.2 Å². The first kappa shape index (κ1) is 69.5. The Morgan fingerprint density at radius 3 is 1.17 bits per heavy atom. The molecule has 14 rings (SSSR count). The van der Waals surface area contributed by atoms with E-state index in [0.717, 1.165) is 172 Å². The third-order valence-corrected chi connectivity index (χ3v) is 20.8. The van der Waals surface area contributed by atoms with Gasteiger partial charge in [-0.15, -0.1) is 0 Å². The first-order chi connectivity index (χ1) is 43.0. The maximum absolute atomic E-state index is 13.8. The van der Waals surface area contributed by atoms with Crippen LogP contribution in [0, 0.1) is 51.5 Å². The molecule has 6 saturated carbocycles. The molecule has 470 valence electrons. The number of Topliss-reactive ketones (excluding diaryl/α,β-unsaturated/α-hetero) is 1. The molecule has 90 heavy (non-hydrogen) atoms. The van der Waals surface area contributed by atoms with Crippen LogP contribution >= 0.6 is 23.2 Å². The van der Waals surface area contributed by atoms with Gasteiger partial charge in [0.2, 0.25) is 0 Å². The minimum Gasteiger partial charge on any atom is -0.553 e. The van der Waals surface area contributed by atoms with Crippen molar-refractivity contribution >= 4 is 79.3 Å². The van der Waals surface area contributed by atoms with Gasteiger partial charge < -0.3 is 31.8 Å². The zero-order valence-corrected chi connectivity index (χ0v) is 53.0. The number of pyridine rings is 3. The van der Waals surface area contributed by atoms with E-state index >= 15 is 0 Å². The number of nitrogens with zero attached hydrogens (tertiary/aromatic N) is 3. The largest absolute Gasteiger partial charge is 1.00 e. The van der Waals surface area contributed by atoms with Crippen LogP contribution in [0.2, 0.25) is 10.0 Å². The molecule has 6 aliphatic carbocycles. The van der Waals surface area contributed by atoms with Crippen LogP contribution in [0.4, 0.5) is 18.9 Å². The van der Waals surface area contributed by atoms with Crippen molar-refractivity contribution in [3.63, 3.8) is 0 Å². The molecule has 3 aromatic heterocycles. The van der Waals surface area contributed by atoms with E-state index in [4.69, 9.17) is 55.0 Å². The number of hydrogen-bond donors (Lipinski definition) is 4. The normalized spacial score (nSPS) is 25.2. The number of hydrogen-bond acceptors (Lipinski definition) is 10. The van der Waals surface area contributed by atoms with Crippen LogP contribution in [0.3, 0.4) is 0 Å². The van der Waals surface area contributed by atoms with Crippen LogP contribution in [-0.2, 0) is 25.5 Å². The monoisotopic (exact) mass is 1260 g/mol. The number of carboxylic acid groups (broad SMARTS) is 1. The minimum absolute atomic E-state index is 0. The number of aliphatic carboxylic acids is 1. The van der Waals surface area contributed by atoms with Gasteiger partial charge in [-0.3, -0.25) is 29.3 Å². The van der Waals surface area contributed by atoms with Gasteiger partial charge in [-0.2, -0.15) is 0 Å². The van der Waals surface area contributed by atoms with Crippen molar-refractivity contribution in [2.75, 3.05) is 20.0 Å². The first-order valence-electron chi connectivity index (χ1n) is 30.9. The second-order valence-corrected chi connectivity index (χ2v) is 26.4. The topological polar surface area (TPSA) is 210 Å². The molecule has 0 saturated heterocycles. The van der Waals surface area contributed by atoms with Crippen molar-refractivity contribution in [2.24, 2.45) is 34.0 Å². The number of carbonyl (C=O) groups excluding carboxylic acids is 2. The number of ketones is 1. The Bertz CT molecular complexity index is 3680. The number of nitrogen functional groups attached to an aromatic ring is 1. The third kappa shape index (κ3) is 16.6. The number of nitrogens with one attached hydrogen (secondary N) is 1. The number of esters is 1. The number of anilines is 1. The zero-order chi connectivity index (χ0) is 63.5. The fraction of sp³-hybridized carbons (Fsp3) is 0.417. The Morgan fingerprint density at radius 1 is 0.522 bits per heavy atom. The number of nitrogens with two attached hydrogens (primary N) is 1. The molecule has 18 heteroatoms. The van der Waals surface area contributed by atoms with Crippen LogP contribution < -0.4 is 24.6 Å². The molecular formula is C72H79Cl2F3LiN5O7. The quantitative estimate of drug-likeness (QED) is 0.0487. The number of methoxy groups -OCH3 is 1. The zero-order valence-electron chi connectivity index (χ0n) is 51.5. The van der Waals surface area contributed by atoms with Gasteiger partial charge in [-0.05, 0) is 281 Å². The summed E-state index contributed by atoms with van der Waals surface area (Å²) in [5, 5.41) is 26.6. The number of aliphatic hydroxyl groups excluding tert-OH is 1. The van der Waals surface area contributed by atoms with Crippen LogP contribution in [0.1, 0.15) is 156 Å². The number of benzene rings is 5. The van der Waals surface area contributed by atoms with E-state index in [9.17, 15) is 27.6 Å². The van der Waals surface area contributed by atoms with Crippen LogP contribution in [0.5, 0.6) is 0 Å². The van der Waals surface area contributed by atoms with Crippen molar-refractivity contribution in [1.29, 1.82) is 0 Å². The third-order valence-electron chi connectivity index (χ3n) is 20.2. The number of halogens is 5. The Morgan fingerprint density at radius 2 is 0.844 bits per heavy atom. The number of ether oxygens (including phenoxy) is 1. The molecule has 6 fully saturated rings. The van der Waals surface area contributed by atoms with E-state index in [2.05, 4.69) is 21.0 Å². The van der Waals surface area contributed by atoms with Gasteiger partial charge >= 0.3 is 30.8 Å². The van der Waals surface area contributed by atoms with Crippen LogP contribution in [0.25, 0.3) is 38.6 Å². The second kappa shape index (κ2) is 31.3. The fourth-order valence-electron chi connectivity index (χ4n) is 15.4. The maximum atomic E-state index is 13.8. The Kier molecular flexibility index (Phi) is 24.1. The number of aliphatic hydroxyl groups is 1. The van der Waals surface area contributed by atoms with E-state index in [1.54, 1.807) is 60.7 Å². The molecule has 0 bridgehead atoms. The average Bonchev–Trinajstić information content (AvgIpc) is 0.893. The predicted octanol–water partition coefficient (Wildman–Crippen LogP) is 15.0. The molecule has 3 spiro atoms. The van der Waals surface area contributed by atoms with Crippen molar-refractivity contribution in [3.05, 3.63) is 196 Å². The number of fused-ring (bicyclic) bond motifs is 3. The number of carboxylic acids is 1. The summed E-state index contributed by atoms with van der Waals surface area (Å²) in [6.07, 6.45) is 24.9. The Balaban J connectivity index is 0.000000160. The Hall–Kier alpha value is -6.41. The summed E-state index contributed by atoms with van der Waals surface area (Å²) in [7, 11) is 2.47. The molecule has 12 nitrogen and oxygen atoms in total. The van der Waals surface area contributed by atoms with Crippen molar-refractivity contribution in [2.45, 2.75) is 140 Å². The predicted molar refractivity (Wildman–Crippen MR) is 344 cm³/mol. The number of rotatable bonds is 8. The van der Waals surface area contributed by atoms with Gasteiger partial charge in [0, 0.05) is 69.9 Å². The number of aromatic nitrogens is 3. The van der Waals surface area contributed by atoms with Gasteiger partial charge in [0.1, 0.15) is 23.2 Å². The standard InChI is InChI=1S/C26H25ClFNO.C20H22FNO2.C19H20FNO2.C6H6ClN.CH4O.Li.H2NO/c27-20-3-1-17(2-4-20)13-25(30)19-15-26(16-19)10-7-18(8-11-26)22-9-12-29-24-6-5-21(28)14-23(22)24;1-24-19(23)14-11-20(12-14)7-4-13(5-8-20)16-6-9-22-18-3-2-15(21)10-17(16)18;20-14-1-2-17-16(9-14)15(5-8-21-17)12-3-6-19(7-4-12)10-13(11-19)18(22)23;7-5-1-3-6(8)4-2-5;1-2;;1-2/h1-6,9,12,14,18-19H,7-8,10-11,13,15-16H2;2-3,6,9-10,13-14H,4-5,7-8,11-12H2,1H3;1-2,5,8-9,12-13H,3-4,6-7,10-11H2,(H,22,23);1-4H,8H2;2H,1H3;;1-2H/q;;;;;+1;-1. The van der Waals surface area contributed by atoms with Crippen LogP contribution in [-0.4, -0.2) is 62.3 Å². The maximum Gasteiger partial charge on any atom is 1.00 e. The average molecular weight is 1260 g/mol. The molecule has 3 heterocycles. The summed E-state index contributed by atoms with van der Waals surface area (Å²) in [6, 6.07) is 35.2. The number of carbonyl (C=O) groups is 3. The summed E-state index contributed by atoms with van der Waals surface area (Å²) in [5.74, 6) is 5.28. The van der Waals surface area contributed by atoms with Gasteiger partial charge in [0.05, 0.1) is 35.5 Å². The molecule has 8 aromatic rings. The molecule has 0 amide bonds. The second-order valence-electron chi connectivity index (χ2n) is 25.5.